The number of hydrogen-bond donors (Lipinski definition) is 1. The van der Waals surface area contributed by atoms with Gasteiger partial charge in [-0.1, -0.05) is 5.16 Å². The second-order valence-electron chi connectivity index (χ2n) is 2.70. The van der Waals surface area contributed by atoms with Gasteiger partial charge in [-0.2, -0.15) is 0 Å². The molecule has 0 bridgehead atoms. The molecule has 13 heavy (non-hydrogen) atoms. The third-order valence-electron chi connectivity index (χ3n) is 1.98. The van der Waals surface area contributed by atoms with Gasteiger partial charge in [0, 0.05) is 5.56 Å². The molecule has 1 aliphatic heterocycles. The van der Waals surface area contributed by atoms with Gasteiger partial charge in [0.25, 0.3) is 0 Å². The van der Waals surface area contributed by atoms with Gasteiger partial charge in [0.05, 0.1) is 7.11 Å². The number of ether oxygens (including phenoxy) is 2. The first-order valence-electron chi connectivity index (χ1n) is 3.87. The molecule has 1 aromatic carbocycles. The number of rotatable bonds is 1. The highest BCUT2D eigenvalue weighted by atomic mass is 16.5. The molecule has 0 unspecified atom stereocenters. The van der Waals surface area contributed by atoms with E-state index in [-0.39, 0.29) is 0 Å². The molecule has 2 rings (SSSR count). The second-order valence-corrected chi connectivity index (χ2v) is 2.70. The van der Waals surface area contributed by atoms with E-state index in [0.29, 0.717) is 12.3 Å². The third-order valence-corrected chi connectivity index (χ3v) is 1.98. The minimum Gasteiger partial charge on any atom is -0.497 e. The highest BCUT2D eigenvalue weighted by molar-refractivity contribution is 6.06. The van der Waals surface area contributed by atoms with Crippen molar-refractivity contribution in [3.63, 3.8) is 0 Å². The predicted octanol–water partition coefficient (Wildman–Crippen LogP) is 1.27. The van der Waals surface area contributed by atoms with Gasteiger partial charge in [-0.05, 0) is 18.2 Å². The third kappa shape index (κ3) is 1.20. The zero-order valence-corrected chi connectivity index (χ0v) is 7.15. The highest BCUT2D eigenvalue weighted by Gasteiger charge is 2.20. The maximum atomic E-state index is 8.64. The van der Waals surface area contributed by atoms with Crippen molar-refractivity contribution in [3.05, 3.63) is 23.8 Å². The Morgan fingerprint density at radius 3 is 3.08 bits per heavy atom. The van der Waals surface area contributed by atoms with E-state index in [1.165, 1.54) is 0 Å². The number of hydrogen-bond acceptors (Lipinski definition) is 4. The molecule has 0 spiro atoms. The maximum Gasteiger partial charge on any atom is 0.134 e. The quantitative estimate of drug-likeness (QED) is 0.521. The summed E-state index contributed by atoms with van der Waals surface area (Å²) < 4.78 is 10.3. The lowest BCUT2D eigenvalue weighted by molar-refractivity contribution is 0.313. The van der Waals surface area contributed by atoms with Crippen molar-refractivity contribution in [1.29, 1.82) is 0 Å². The van der Waals surface area contributed by atoms with E-state index in [9.17, 15) is 0 Å². The Morgan fingerprint density at radius 1 is 1.54 bits per heavy atom. The van der Waals surface area contributed by atoms with Crippen LogP contribution in [0, 0.1) is 0 Å². The van der Waals surface area contributed by atoms with Crippen molar-refractivity contribution in [2.45, 2.75) is 0 Å². The van der Waals surface area contributed by atoms with E-state index in [0.717, 1.165) is 17.1 Å². The molecule has 1 N–H and O–H groups in total. The van der Waals surface area contributed by atoms with Gasteiger partial charge in [0.15, 0.2) is 0 Å². The van der Waals surface area contributed by atoms with Crippen LogP contribution < -0.4 is 9.47 Å². The van der Waals surface area contributed by atoms with E-state index in [1.807, 2.05) is 0 Å². The molecule has 0 fully saturated rings. The smallest absolute Gasteiger partial charge is 0.134 e. The zero-order valence-electron chi connectivity index (χ0n) is 7.15. The number of oxime groups is 1. The fourth-order valence-corrected chi connectivity index (χ4v) is 1.29. The summed E-state index contributed by atoms with van der Waals surface area (Å²) in [7, 11) is 1.59. The molecule has 0 radical (unpaired) electrons. The van der Waals surface area contributed by atoms with Crippen LogP contribution in [0.3, 0.4) is 0 Å². The average molecular weight is 179 g/mol. The molecule has 1 aromatic rings. The van der Waals surface area contributed by atoms with Crippen molar-refractivity contribution in [3.8, 4) is 11.5 Å². The van der Waals surface area contributed by atoms with E-state index in [2.05, 4.69) is 5.16 Å². The molecule has 0 saturated carbocycles. The van der Waals surface area contributed by atoms with Gasteiger partial charge < -0.3 is 14.7 Å². The van der Waals surface area contributed by atoms with Crippen LogP contribution in [0.2, 0.25) is 0 Å². The molecule has 0 atom stereocenters. The van der Waals surface area contributed by atoms with Gasteiger partial charge in [-0.25, -0.2) is 0 Å². The lowest BCUT2D eigenvalue weighted by Gasteiger charge is -2.01. The van der Waals surface area contributed by atoms with Crippen LogP contribution in [0.5, 0.6) is 11.5 Å². The van der Waals surface area contributed by atoms with Gasteiger partial charge in [0.1, 0.15) is 23.8 Å². The zero-order chi connectivity index (χ0) is 9.26. The Bertz CT molecular complexity index is 360. The lowest BCUT2D eigenvalue weighted by Crippen LogP contribution is -2.01. The average Bonchev–Trinajstić information content (AvgIpc) is 2.59. The number of methoxy groups -OCH3 is 1. The molecule has 0 aliphatic carbocycles. The van der Waals surface area contributed by atoms with E-state index in [4.69, 9.17) is 14.7 Å². The van der Waals surface area contributed by atoms with Crippen LogP contribution >= 0.6 is 0 Å². The molecule has 0 amide bonds. The standard InChI is InChI=1S/C9H9NO3/c1-12-6-2-3-9-7(4-6)8(10-11)5-13-9/h2-4,11H,5H2,1H3. The number of nitrogens with zero attached hydrogens (tertiary/aromatic N) is 1. The lowest BCUT2D eigenvalue weighted by atomic mass is 10.1. The molecule has 0 saturated heterocycles. The first-order valence-corrected chi connectivity index (χ1v) is 3.87. The Balaban J connectivity index is 2.49. The molecule has 4 heteroatoms. The molecular weight excluding hydrogens is 170 g/mol. The van der Waals surface area contributed by atoms with Crippen LogP contribution in [0.15, 0.2) is 23.4 Å². The minimum atomic E-state index is 0.318. The first kappa shape index (κ1) is 7.91. The van der Waals surface area contributed by atoms with E-state index < -0.39 is 0 Å². The predicted molar refractivity (Wildman–Crippen MR) is 46.8 cm³/mol. The van der Waals surface area contributed by atoms with Crippen molar-refractivity contribution < 1.29 is 14.7 Å². The normalized spacial score (nSPS) is 16.8. The summed E-state index contributed by atoms with van der Waals surface area (Å²) in [6.45, 7) is 0.318. The van der Waals surface area contributed by atoms with Crippen molar-refractivity contribution >= 4 is 5.71 Å². The van der Waals surface area contributed by atoms with Crippen LogP contribution in [0.4, 0.5) is 0 Å². The monoisotopic (exact) mass is 179 g/mol. The molecular formula is C9H9NO3. The van der Waals surface area contributed by atoms with Crippen molar-refractivity contribution in [1.82, 2.24) is 0 Å². The molecule has 1 aliphatic rings. The van der Waals surface area contributed by atoms with E-state index >= 15 is 0 Å². The second kappa shape index (κ2) is 2.97. The SMILES string of the molecule is COc1ccc2c(c1)C(=NO)CO2. The number of fused-ring (bicyclic) bond motifs is 1. The largest absolute Gasteiger partial charge is 0.497 e. The van der Waals surface area contributed by atoms with E-state index in [1.54, 1.807) is 25.3 Å². The van der Waals surface area contributed by atoms with Gasteiger partial charge >= 0.3 is 0 Å². The topological polar surface area (TPSA) is 51.0 Å². The van der Waals surface area contributed by atoms with Crippen LogP contribution in [0.25, 0.3) is 0 Å². The molecule has 1 heterocycles. The Kier molecular flexibility index (Phi) is 1.81. The summed E-state index contributed by atoms with van der Waals surface area (Å²) in [4.78, 5) is 0. The Morgan fingerprint density at radius 2 is 2.38 bits per heavy atom. The summed E-state index contributed by atoms with van der Waals surface area (Å²) in [5.74, 6) is 1.46. The molecule has 68 valence electrons. The van der Waals surface area contributed by atoms with Crippen LogP contribution in [-0.4, -0.2) is 24.6 Å². The maximum absolute atomic E-state index is 8.64. The summed E-state index contributed by atoms with van der Waals surface area (Å²) >= 11 is 0. The Hall–Kier alpha value is -1.71. The van der Waals surface area contributed by atoms with Crippen LogP contribution in [0.1, 0.15) is 5.56 Å². The summed E-state index contributed by atoms with van der Waals surface area (Å²) in [5, 5.41) is 11.8. The molecule has 4 nitrogen and oxygen atoms in total. The van der Waals surface area contributed by atoms with Crippen LogP contribution in [-0.2, 0) is 0 Å². The highest BCUT2D eigenvalue weighted by Crippen LogP contribution is 2.29. The fourth-order valence-electron chi connectivity index (χ4n) is 1.29. The van der Waals surface area contributed by atoms with Gasteiger partial charge in [-0.3, -0.25) is 0 Å². The molecule has 0 aromatic heterocycles. The first-order chi connectivity index (χ1) is 6.35. The summed E-state index contributed by atoms with van der Waals surface area (Å²) in [6, 6.07) is 5.39. The fraction of sp³-hybridized carbons (Fsp3) is 0.222. The summed E-state index contributed by atoms with van der Waals surface area (Å²) in [6.07, 6.45) is 0. The van der Waals surface area contributed by atoms with Crippen molar-refractivity contribution in [2.75, 3.05) is 13.7 Å². The summed E-state index contributed by atoms with van der Waals surface area (Å²) in [5.41, 5.74) is 1.33. The minimum absolute atomic E-state index is 0.318. The van der Waals surface area contributed by atoms with Gasteiger partial charge in [0.2, 0.25) is 0 Å². The number of benzene rings is 1. The Labute approximate surface area is 75.4 Å². The van der Waals surface area contributed by atoms with Gasteiger partial charge in [-0.15, -0.1) is 0 Å². The van der Waals surface area contributed by atoms with Crippen molar-refractivity contribution in [2.24, 2.45) is 5.16 Å².